The van der Waals surface area contributed by atoms with E-state index in [1.807, 2.05) is 6.92 Å². The first kappa shape index (κ1) is 10.6. The minimum absolute atomic E-state index is 0.0464. The molecule has 2 N–H and O–H groups in total. The molecule has 0 fully saturated rings. The van der Waals surface area contributed by atoms with Crippen LogP contribution in [0.1, 0.15) is 19.2 Å². The minimum Gasteiger partial charge on any atom is -0.381 e. The van der Waals surface area contributed by atoms with Gasteiger partial charge in [-0.15, -0.1) is 0 Å². The van der Waals surface area contributed by atoms with Gasteiger partial charge in [0.25, 0.3) is 0 Å². The van der Waals surface area contributed by atoms with Crippen LogP contribution in [-0.2, 0) is 16.1 Å². The number of nitrogens with one attached hydrogen (secondary N) is 2. The van der Waals surface area contributed by atoms with Crippen LogP contribution >= 0.6 is 0 Å². The maximum Gasteiger partial charge on any atom is 0.222 e. The molecule has 1 amide bonds. The summed E-state index contributed by atoms with van der Waals surface area (Å²) in [5, 5.41) is 9.01. The number of aromatic amines is 1. The van der Waals surface area contributed by atoms with Gasteiger partial charge in [0, 0.05) is 13.0 Å². The van der Waals surface area contributed by atoms with Crippen LogP contribution < -0.4 is 5.32 Å². The fourth-order valence-corrected chi connectivity index (χ4v) is 0.896. The van der Waals surface area contributed by atoms with E-state index in [4.69, 9.17) is 4.74 Å². The Balaban J connectivity index is 2.09. The lowest BCUT2D eigenvalue weighted by molar-refractivity contribution is -0.122. The summed E-state index contributed by atoms with van der Waals surface area (Å²) < 4.78 is 5.04. The van der Waals surface area contributed by atoms with Gasteiger partial charge in [-0.2, -0.15) is 5.10 Å². The zero-order valence-electron chi connectivity index (χ0n) is 8.12. The van der Waals surface area contributed by atoms with E-state index in [2.05, 4.69) is 20.5 Å². The number of ether oxygens (including phenoxy) is 1. The van der Waals surface area contributed by atoms with E-state index in [-0.39, 0.29) is 5.91 Å². The number of H-pyrrole nitrogens is 1. The van der Waals surface area contributed by atoms with Crippen molar-refractivity contribution in [3.05, 3.63) is 12.2 Å². The van der Waals surface area contributed by atoms with Crippen LogP contribution in [0.3, 0.4) is 0 Å². The van der Waals surface area contributed by atoms with Gasteiger partial charge in [-0.1, -0.05) is 0 Å². The van der Waals surface area contributed by atoms with Crippen LogP contribution in [0.4, 0.5) is 0 Å². The quantitative estimate of drug-likeness (QED) is 0.623. The number of nitrogens with zero attached hydrogens (tertiary/aromatic N) is 2. The van der Waals surface area contributed by atoms with Crippen LogP contribution in [0.15, 0.2) is 6.33 Å². The molecule has 0 aliphatic rings. The first-order chi connectivity index (χ1) is 6.83. The van der Waals surface area contributed by atoms with E-state index in [0.717, 1.165) is 0 Å². The monoisotopic (exact) mass is 198 g/mol. The first-order valence-corrected chi connectivity index (χ1v) is 4.51. The Morgan fingerprint density at radius 2 is 2.57 bits per heavy atom. The highest BCUT2D eigenvalue weighted by atomic mass is 16.5. The Kier molecular flexibility index (Phi) is 4.63. The molecule has 1 aromatic heterocycles. The van der Waals surface area contributed by atoms with E-state index >= 15 is 0 Å². The van der Waals surface area contributed by atoms with Crippen molar-refractivity contribution in [2.75, 3.05) is 13.2 Å². The molecule has 0 spiro atoms. The van der Waals surface area contributed by atoms with E-state index in [0.29, 0.717) is 32.0 Å². The third-order valence-electron chi connectivity index (χ3n) is 1.60. The normalized spacial score (nSPS) is 10.1. The van der Waals surface area contributed by atoms with Crippen molar-refractivity contribution >= 4 is 5.91 Å². The summed E-state index contributed by atoms with van der Waals surface area (Å²) in [5.74, 6) is 0.601. The molecule has 0 aromatic carbocycles. The standard InChI is InChI=1S/C8H14N4O2/c1-2-14-4-3-8(13)9-5-7-10-6-11-12-7/h6H,2-5H2,1H3,(H,9,13)(H,10,11,12). The lowest BCUT2D eigenvalue weighted by atomic mass is 10.4. The van der Waals surface area contributed by atoms with E-state index < -0.39 is 0 Å². The largest absolute Gasteiger partial charge is 0.381 e. The van der Waals surface area contributed by atoms with Crippen molar-refractivity contribution < 1.29 is 9.53 Å². The van der Waals surface area contributed by atoms with Crippen molar-refractivity contribution in [1.29, 1.82) is 0 Å². The van der Waals surface area contributed by atoms with Crippen LogP contribution in [-0.4, -0.2) is 34.3 Å². The Hall–Kier alpha value is -1.43. The number of carbonyl (C=O) groups is 1. The molecular weight excluding hydrogens is 184 g/mol. The molecule has 14 heavy (non-hydrogen) atoms. The summed E-state index contributed by atoms with van der Waals surface area (Å²) in [5.41, 5.74) is 0. The van der Waals surface area contributed by atoms with Crippen molar-refractivity contribution in [3.63, 3.8) is 0 Å². The molecule has 0 bridgehead atoms. The van der Waals surface area contributed by atoms with Gasteiger partial charge < -0.3 is 10.1 Å². The zero-order valence-corrected chi connectivity index (χ0v) is 8.12. The Morgan fingerprint density at radius 1 is 1.71 bits per heavy atom. The lowest BCUT2D eigenvalue weighted by Crippen LogP contribution is -2.24. The van der Waals surface area contributed by atoms with Gasteiger partial charge in [0.2, 0.25) is 5.91 Å². The van der Waals surface area contributed by atoms with Crippen LogP contribution in [0.2, 0.25) is 0 Å². The number of hydrogen-bond acceptors (Lipinski definition) is 4. The third-order valence-corrected chi connectivity index (χ3v) is 1.60. The Bertz CT molecular complexity index is 260. The molecule has 0 aliphatic carbocycles. The molecule has 0 radical (unpaired) electrons. The predicted octanol–water partition coefficient (Wildman–Crippen LogP) is -0.153. The fourth-order valence-electron chi connectivity index (χ4n) is 0.896. The zero-order chi connectivity index (χ0) is 10.2. The second kappa shape index (κ2) is 6.09. The summed E-state index contributed by atoms with van der Waals surface area (Å²) in [6, 6.07) is 0. The van der Waals surface area contributed by atoms with Gasteiger partial charge in [0.15, 0.2) is 0 Å². The second-order valence-corrected chi connectivity index (χ2v) is 2.66. The molecule has 1 heterocycles. The van der Waals surface area contributed by atoms with Gasteiger partial charge in [0.1, 0.15) is 12.2 Å². The van der Waals surface area contributed by atoms with Crippen molar-refractivity contribution in [1.82, 2.24) is 20.5 Å². The molecule has 0 saturated carbocycles. The molecule has 0 atom stereocenters. The predicted molar refractivity (Wildman–Crippen MR) is 49.3 cm³/mol. The molecular formula is C8H14N4O2. The molecule has 0 aliphatic heterocycles. The van der Waals surface area contributed by atoms with Crippen LogP contribution in [0.5, 0.6) is 0 Å². The summed E-state index contributed by atoms with van der Waals surface area (Å²) in [6.45, 7) is 3.37. The number of carbonyl (C=O) groups excluding carboxylic acids is 1. The highest BCUT2D eigenvalue weighted by Gasteiger charge is 2.01. The topological polar surface area (TPSA) is 79.9 Å². The summed E-state index contributed by atoms with van der Waals surface area (Å²) in [4.78, 5) is 15.0. The van der Waals surface area contributed by atoms with Crippen LogP contribution in [0.25, 0.3) is 0 Å². The molecule has 78 valence electrons. The van der Waals surface area contributed by atoms with Gasteiger partial charge in [-0.05, 0) is 6.92 Å². The van der Waals surface area contributed by atoms with E-state index in [1.165, 1.54) is 6.33 Å². The highest BCUT2D eigenvalue weighted by Crippen LogP contribution is 1.87. The Morgan fingerprint density at radius 3 is 3.21 bits per heavy atom. The first-order valence-electron chi connectivity index (χ1n) is 4.51. The number of rotatable bonds is 6. The summed E-state index contributed by atoms with van der Waals surface area (Å²) in [7, 11) is 0. The molecule has 0 unspecified atom stereocenters. The van der Waals surface area contributed by atoms with Crippen molar-refractivity contribution in [2.24, 2.45) is 0 Å². The van der Waals surface area contributed by atoms with E-state index in [1.54, 1.807) is 0 Å². The SMILES string of the molecule is CCOCCC(=O)NCc1ncn[nH]1. The van der Waals surface area contributed by atoms with Gasteiger partial charge in [-0.25, -0.2) is 4.98 Å². The number of hydrogen-bond donors (Lipinski definition) is 2. The summed E-state index contributed by atoms with van der Waals surface area (Å²) >= 11 is 0. The minimum atomic E-state index is -0.0464. The van der Waals surface area contributed by atoms with E-state index in [9.17, 15) is 4.79 Å². The maximum atomic E-state index is 11.2. The molecule has 0 saturated heterocycles. The summed E-state index contributed by atoms with van der Waals surface area (Å²) in [6.07, 6.45) is 1.78. The van der Waals surface area contributed by atoms with Gasteiger partial charge >= 0.3 is 0 Å². The van der Waals surface area contributed by atoms with Crippen molar-refractivity contribution in [2.45, 2.75) is 19.9 Å². The molecule has 1 aromatic rings. The Labute approximate surface area is 82.1 Å². The lowest BCUT2D eigenvalue weighted by Gasteiger charge is -2.02. The fraction of sp³-hybridized carbons (Fsp3) is 0.625. The smallest absolute Gasteiger partial charge is 0.222 e. The average molecular weight is 198 g/mol. The second-order valence-electron chi connectivity index (χ2n) is 2.66. The molecule has 6 nitrogen and oxygen atoms in total. The van der Waals surface area contributed by atoms with Crippen molar-refractivity contribution in [3.8, 4) is 0 Å². The van der Waals surface area contributed by atoms with Crippen LogP contribution in [0, 0.1) is 0 Å². The number of amides is 1. The van der Waals surface area contributed by atoms with Gasteiger partial charge in [-0.3, -0.25) is 9.89 Å². The third kappa shape index (κ3) is 3.99. The highest BCUT2D eigenvalue weighted by molar-refractivity contribution is 5.75. The number of aromatic nitrogens is 3. The van der Waals surface area contributed by atoms with Gasteiger partial charge in [0.05, 0.1) is 13.2 Å². The molecule has 6 heteroatoms. The maximum absolute atomic E-state index is 11.2. The average Bonchev–Trinajstić information content (AvgIpc) is 2.68. The molecule has 1 rings (SSSR count).